The Morgan fingerprint density at radius 1 is 1.26 bits per heavy atom. The zero-order chi connectivity index (χ0) is 14.5. The zero-order valence-electron chi connectivity index (χ0n) is 10.9. The molecule has 0 fully saturated rings. The first-order valence-electron chi connectivity index (χ1n) is 5.98. The minimum absolute atomic E-state index is 0.0913. The van der Waals surface area contributed by atoms with Gasteiger partial charge in [0.1, 0.15) is 0 Å². The summed E-state index contributed by atoms with van der Waals surface area (Å²) in [7, 11) is -3.37. The van der Waals surface area contributed by atoms with Crippen LogP contribution in [0.2, 0.25) is 10.0 Å². The van der Waals surface area contributed by atoms with Crippen LogP contribution >= 0.6 is 23.2 Å². The molecular formula is C12H18Cl2N2O2S. The molecular weight excluding hydrogens is 307 g/mol. The van der Waals surface area contributed by atoms with E-state index in [1.807, 2.05) is 13.8 Å². The summed E-state index contributed by atoms with van der Waals surface area (Å²) < 4.78 is 26.3. The van der Waals surface area contributed by atoms with Crippen LogP contribution < -0.4 is 10.0 Å². The van der Waals surface area contributed by atoms with Crippen LogP contribution in [0.4, 0.5) is 0 Å². The molecule has 1 atom stereocenters. The minimum Gasteiger partial charge on any atom is -0.313 e. The molecule has 0 amide bonds. The summed E-state index contributed by atoms with van der Waals surface area (Å²) in [6, 6.07) is 4.90. The van der Waals surface area contributed by atoms with Gasteiger partial charge in [-0.25, -0.2) is 13.1 Å². The second-order valence-electron chi connectivity index (χ2n) is 4.31. The number of likely N-dealkylation sites (N-methyl/N-ethyl adjacent to an activating group) is 1. The molecule has 0 heterocycles. The fourth-order valence-corrected chi connectivity index (χ4v) is 3.12. The van der Waals surface area contributed by atoms with Crippen molar-refractivity contribution in [1.29, 1.82) is 0 Å². The maximum atomic E-state index is 11.9. The molecule has 0 aliphatic rings. The lowest BCUT2D eigenvalue weighted by atomic mass is 10.2. The van der Waals surface area contributed by atoms with Crippen molar-refractivity contribution in [1.82, 2.24) is 10.0 Å². The predicted molar refractivity (Wildman–Crippen MR) is 80.2 cm³/mol. The van der Waals surface area contributed by atoms with Gasteiger partial charge in [-0.05, 0) is 31.2 Å². The van der Waals surface area contributed by atoms with Crippen LogP contribution in [-0.2, 0) is 15.8 Å². The van der Waals surface area contributed by atoms with Crippen LogP contribution in [0.15, 0.2) is 18.2 Å². The van der Waals surface area contributed by atoms with E-state index in [1.54, 1.807) is 18.2 Å². The maximum absolute atomic E-state index is 11.9. The van der Waals surface area contributed by atoms with Crippen molar-refractivity contribution in [2.45, 2.75) is 25.6 Å². The highest BCUT2D eigenvalue weighted by molar-refractivity contribution is 7.88. The first kappa shape index (κ1) is 16.7. The topological polar surface area (TPSA) is 58.2 Å². The smallest absolute Gasteiger partial charge is 0.215 e. The van der Waals surface area contributed by atoms with E-state index < -0.39 is 10.0 Å². The van der Waals surface area contributed by atoms with Crippen molar-refractivity contribution in [2.24, 2.45) is 0 Å². The lowest BCUT2D eigenvalue weighted by Crippen LogP contribution is -2.39. The zero-order valence-corrected chi connectivity index (χ0v) is 13.2. The Bertz CT molecular complexity index is 520. The average molecular weight is 325 g/mol. The molecule has 0 bridgehead atoms. The molecule has 108 valence electrons. The number of sulfonamides is 1. The molecule has 0 radical (unpaired) electrons. The molecule has 0 unspecified atom stereocenters. The molecule has 1 aromatic carbocycles. The number of rotatable bonds is 7. The molecule has 0 aliphatic heterocycles. The molecule has 0 aromatic heterocycles. The van der Waals surface area contributed by atoms with Gasteiger partial charge < -0.3 is 5.32 Å². The van der Waals surface area contributed by atoms with E-state index in [4.69, 9.17) is 23.2 Å². The van der Waals surface area contributed by atoms with E-state index in [2.05, 4.69) is 10.0 Å². The summed E-state index contributed by atoms with van der Waals surface area (Å²) in [5, 5.41) is 3.90. The van der Waals surface area contributed by atoms with E-state index >= 15 is 0 Å². The third kappa shape index (κ3) is 6.10. The highest BCUT2D eigenvalue weighted by Crippen LogP contribution is 2.23. The van der Waals surface area contributed by atoms with Crippen molar-refractivity contribution < 1.29 is 8.42 Å². The maximum Gasteiger partial charge on any atom is 0.215 e. The van der Waals surface area contributed by atoms with Crippen molar-refractivity contribution in [3.05, 3.63) is 33.8 Å². The Morgan fingerprint density at radius 2 is 1.95 bits per heavy atom. The van der Waals surface area contributed by atoms with Gasteiger partial charge in [0.2, 0.25) is 10.0 Å². The summed E-state index contributed by atoms with van der Waals surface area (Å²) >= 11 is 11.6. The number of hydrogen-bond donors (Lipinski definition) is 2. The lowest BCUT2D eigenvalue weighted by molar-refractivity contribution is 0.535. The summed E-state index contributed by atoms with van der Waals surface area (Å²) in [5.41, 5.74) is 0.609. The van der Waals surface area contributed by atoms with Crippen molar-refractivity contribution in [3.63, 3.8) is 0 Å². The lowest BCUT2D eigenvalue weighted by Gasteiger charge is -2.13. The normalized spacial score (nSPS) is 13.5. The average Bonchev–Trinajstić information content (AvgIpc) is 2.32. The molecule has 1 aromatic rings. The van der Waals surface area contributed by atoms with E-state index in [0.717, 1.165) is 6.54 Å². The molecule has 19 heavy (non-hydrogen) atoms. The van der Waals surface area contributed by atoms with Crippen LogP contribution in [0, 0.1) is 0 Å². The van der Waals surface area contributed by atoms with Gasteiger partial charge in [0.15, 0.2) is 0 Å². The van der Waals surface area contributed by atoms with Gasteiger partial charge in [-0.1, -0.05) is 36.2 Å². The van der Waals surface area contributed by atoms with E-state index in [0.29, 0.717) is 22.2 Å². The SMILES string of the molecule is CCN[C@H](C)CNS(=O)(=O)Cc1ccc(Cl)c(Cl)c1. The first-order chi connectivity index (χ1) is 8.84. The Balaban J connectivity index is 2.61. The quantitative estimate of drug-likeness (QED) is 0.809. The monoisotopic (exact) mass is 324 g/mol. The minimum atomic E-state index is -3.37. The van der Waals surface area contributed by atoms with Gasteiger partial charge in [0.05, 0.1) is 15.8 Å². The third-order valence-corrected chi connectivity index (χ3v) is 4.56. The number of hydrogen-bond acceptors (Lipinski definition) is 3. The van der Waals surface area contributed by atoms with Crippen LogP contribution in [0.1, 0.15) is 19.4 Å². The molecule has 4 nitrogen and oxygen atoms in total. The van der Waals surface area contributed by atoms with Crippen molar-refractivity contribution in [3.8, 4) is 0 Å². The summed E-state index contributed by atoms with van der Waals surface area (Å²) in [6.45, 7) is 5.05. The fourth-order valence-electron chi connectivity index (χ4n) is 1.57. The highest BCUT2D eigenvalue weighted by atomic mass is 35.5. The van der Waals surface area contributed by atoms with E-state index in [1.165, 1.54) is 0 Å². The second-order valence-corrected chi connectivity index (χ2v) is 6.94. The third-order valence-electron chi connectivity index (χ3n) is 2.50. The molecule has 1 rings (SSSR count). The molecule has 0 spiro atoms. The summed E-state index contributed by atoms with van der Waals surface area (Å²) in [4.78, 5) is 0. The standard InChI is InChI=1S/C12H18Cl2N2O2S/c1-3-15-9(2)7-16-19(17,18)8-10-4-5-11(13)12(14)6-10/h4-6,9,15-16H,3,7-8H2,1-2H3/t9-/m1/s1. The van der Waals surface area contributed by atoms with E-state index in [9.17, 15) is 8.42 Å². The molecule has 0 aliphatic carbocycles. The van der Waals surface area contributed by atoms with Gasteiger partial charge in [-0.2, -0.15) is 0 Å². The highest BCUT2D eigenvalue weighted by Gasteiger charge is 2.13. The summed E-state index contributed by atoms with van der Waals surface area (Å²) in [6.07, 6.45) is 0. The Hall–Kier alpha value is -0.330. The first-order valence-corrected chi connectivity index (χ1v) is 8.39. The van der Waals surface area contributed by atoms with Gasteiger partial charge in [-0.15, -0.1) is 0 Å². The Kier molecular flexibility index (Phi) is 6.56. The van der Waals surface area contributed by atoms with Gasteiger partial charge in [0, 0.05) is 12.6 Å². The number of nitrogens with one attached hydrogen (secondary N) is 2. The second kappa shape index (κ2) is 7.45. The number of benzene rings is 1. The number of halogens is 2. The van der Waals surface area contributed by atoms with Crippen LogP contribution in [0.3, 0.4) is 0 Å². The van der Waals surface area contributed by atoms with Gasteiger partial charge in [0.25, 0.3) is 0 Å². The predicted octanol–water partition coefficient (Wildman–Crippen LogP) is 2.41. The van der Waals surface area contributed by atoms with Gasteiger partial charge >= 0.3 is 0 Å². The van der Waals surface area contributed by atoms with Gasteiger partial charge in [-0.3, -0.25) is 0 Å². The Labute approximate surface area is 124 Å². The van der Waals surface area contributed by atoms with Crippen LogP contribution in [0.25, 0.3) is 0 Å². The van der Waals surface area contributed by atoms with Crippen LogP contribution in [0.5, 0.6) is 0 Å². The Morgan fingerprint density at radius 3 is 2.53 bits per heavy atom. The van der Waals surface area contributed by atoms with Crippen molar-refractivity contribution in [2.75, 3.05) is 13.1 Å². The molecule has 7 heteroatoms. The molecule has 0 saturated heterocycles. The summed E-state index contributed by atoms with van der Waals surface area (Å²) in [5.74, 6) is -0.108. The largest absolute Gasteiger partial charge is 0.313 e. The van der Waals surface area contributed by atoms with Crippen molar-refractivity contribution >= 4 is 33.2 Å². The fraction of sp³-hybridized carbons (Fsp3) is 0.500. The molecule has 0 saturated carbocycles. The molecule has 2 N–H and O–H groups in total. The van der Waals surface area contributed by atoms with E-state index in [-0.39, 0.29) is 11.8 Å². The van der Waals surface area contributed by atoms with Crippen LogP contribution in [-0.4, -0.2) is 27.5 Å².